The Hall–Kier alpha value is -2.67. The molecule has 0 aliphatic heterocycles. The summed E-state index contributed by atoms with van der Waals surface area (Å²) >= 11 is 3.34. The van der Waals surface area contributed by atoms with Crippen molar-refractivity contribution in [3.8, 4) is 5.75 Å². The van der Waals surface area contributed by atoms with Crippen LogP contribution in [0.5, 0.6) is 5.75 Å². The maximum atomic E-state index is 12.1. The van der Waals surface area contributed by atoms with E-state index in [2.05, 4.69) is 26.6 Å². The molecular formula is C19H19BrN2O4. The largest absolute Gasteiger partial charge is 0.427 e. The van der Waals surface area contributed by atoms with Gasteiger partial charge >= 0.3 is 5.97 Å². The first-order valence-electron chi connectivity index (χ1n) is 8.07. The van der Waals surface area contributed by atoms with Gasteiger partial charge < -0.3 is 15.4 Å². The Morgan fingerprint density at radius 2 is 1.65 bits per heavy atom. The van der Waals surface area contributed by atoms with Gasteiger partial charge in [0.05, 0.1) is 5.56 Å². The van der Waals surface area contributed by atoms with E-state index in [1.807, 2.05) is 6.07 Å². The molecule has 2 N–H and O–H groups in total. The average Bonchev–Trinajstić information content (AvgIpc) is 2.61. The summed E-state index contributed by atoms with van der Waals surface area (Å²) in [5.74, 6) is -0.553. The highest BCUT2D eigenvalue weighted by molar-refractivity contribution is 9.10. The average molecular weight is 419 g/mol. The highest BCUT2D eigenvalue weighted by Gasteiger charge is 2.09. The van der Waals surface area contributed by atoms with Gasteiger partial charge in [-0.1, -0.05) is 18.2 Å². The lowest BCUT2D eigenvalue weighted by molar-refractivity contribution is -0.131. The van der Waals surface area contributed by atoms with E-state index < -0.39 is 5.97 Å². The molecule has 0 bridgehead atoms. The monoisotopic (exact) mass is 418 g/mol. The third-order valence-electron chi connectivity index (χ3n) is 3.40. The van der Waals surface area contributed by atoms with Crippen LogP contribution in [0.15, 0.2) is 53.0 Å². The molecule has 136 valence electrons. The zero-order valence-corrected chi connectivity index (χ0v) is 15.8. The van der Waals surface area contributed by atoms with Crippen molar-refractivity contribution in [3.05, 3.63) is 64.1 Å². The van der Waals surface area contributed by atoms with E-state index in [4.69, 9.17) is 4.74 Å². The van der Waals surface area contributed by atoms with E-state index >= 15 is 0 Å². The minimum Gasteiger partial charge on any atom is -0.427 e. The molecule has 0 aliphatic carbocycles. The lowest BCUT2D eigenvalue weighted by Crippen LogP contribution is -2.30. The van der Waals surface area contributed by atoms with Gasteiger partial charge in [0, 0.05) is 30.0 Å². The number of rotatable bonds is 7. The second kappa shape index (κ2) is 9.72. The molecule has 6 nitrogen and oxygen atoms in total. The molecule has 0 heterocycles. The molecule has 0 saturated heterocycles. The second-order valence-electron chi connectivity index (χ2n) is 5.47. The van der Waals surface area contributed by atoms with Crippen LogP contribution in [-0.4, -0.2) is 30.9 Å². The summed E-state index contributed by atoms with van der Waals surface area (Å²) in [5, 5.41) is 5.57. The summed E-state index contributed by atoms with van der Waals surface area (Å²) in [6, 6.07) is 13.6. The first kappa shape index (κ1) is 19.7. The number of halogens is 1. The van der Waals surface area contributed by atoms with Crippen molar-refractivity contribution in [2.24, 2.45) is 0 Å². The van der Waals surface area contributed by atoms with Crippen molar-refractivity contribution in [3.63, 3.8) is 0 Å². The van der Waals surface area contributed by atoms with Gasteiger partial charge in [0.25, 0.3) is 11.8 Å². The van der Waals surface area contributed by atoms with Crippen molar-refractivity contribution in [1.29, 1.82) is 0 Å². The van der Waals surface area contributed by atoms with Crippen molar-refractivity contribution < 1.29 is 19.1 Å². The predicted molar refractivity (Wildman–Crippen MR) is 101 cm³/mol. The van der Waals surface area contributed by atoms with Crippen LogP contribution in [0.25, 0.3) is 0 Å². The SMILES string of the molecule is CC(=O)Oc1cccc(C(=O)NCCCNC(=O)c2ccccc2Br)c1. The molecule has 0 unspecified atom stereocenters. The van der Waals surface area contributed by atoms with Gasteiger partial charge in [-0.2, -0.15) is 0 Å². The molecule has 2 rings (SSSR count). The summed E-state index contributed by atoms with van der Waals surface area (Å²) in [4.78, 5) is 35.1. The van der Waals surface area contributed by atoms with E-state index in [0.717, 1.165) is 4.47 Å². The van der Waals surface area contributed by atoms with Crippen LogP contribution in [0.1, 0.15) is 34.1 Å². The van der Waals surface area contributed by atoms with Crippen LogP contribution in [0.3, 0.4) is 0 Å². The summed E-state index contributed by atoms with van der Waals surface area (Å²) in [6.07, 6.45) is 0.589. The molecule has 0 fully saturated rings. The first-order chi connectivity index (χ1) is 12.5. The zero-order valence-electron chi connectivity index (χ0n) is 14.3. The fourth-order valence-corrected chi connectivity index (χ4v) is 2.67. The summed E-state index contributed by atoms with van der Waals surface area (Å²) in [7, 11) is 0. The lowest BCUT2D eigenvalue weighted by Gasteiger charge is -2.08. The number of amides is 2. The number of hydrogen-bond acceptors (Lipinski definition) is 4. The van der Waals surface area contributed by atoms with Gasteiger partial charge in [-0.3, -0.25) is 14.4 Å². The Labute approximate surface area is 160 Å². The maximum absolute atomic E-state index is 12.1. The predicted octanol–water partition coefficient (Wildman–Crippen LogP) is 2.92. The number of carbonyl (C=O) groups is 3. The molecular weight excluding hydrogens is 400 g/mol. The zero-order chi connectivity index (χ0) is 18.9. The molecule has 0 spiro atoms. The van der Waals surface area contributed by atoms with Gasteiger partial charge in [-0.05, 0) is 52.7 Å². The third kappa shape index (κ3) is 6.00. The Balaban J connectivity index is 1.74. The third-order valence-corrected chi connectivity index (χ3v) is 4.09. The van der Waals surface area contributed by atoms with Crippen molar-refractivity contribution >= 4 is 33.7 Å². The van der Waals surface area contributed by atoms with Crippen molar-refractivity contribution in [1.82, 2.24) is 10.6 Å². The van der Waals surface area contributed by atoms with Crippen LogP contribution in [-0.2, 0) is 4.79 Å². The molecule has 0 saturated carbocycles. The maximum Gasteiger partial charge on any atom is 0.308 e. The molecule has 2 amide bonds. The van der Waals surface area contributed by atoms with Crippen LogP contribution in [0, 0.1) is 0 Å². The summed E-state index contributed by atoms with van der Waals surface area (Å²) in [5.41, 5.74) is 0.972. The first-order valence-corrected chi connectivity index (χ1v) is 8.86. The number of ether oxygens (including phenoxy) is 1. The van der Waals surface area contributed by atoms with Gasteiger partial charge in [-0.15, -0.1) is 0 Å². The van der Waals surface area contributed by atoms with Crippen LogP contribution in [0.4, 0.5) is 0 Å². The molecule has 0 atom stereocenters. The topological polar surface area (TPSA) is 84.5 Å². The van der Waals surface area contributed by atoms with E-state index in [1.54, 1.807) is 36.4 Å². The van der Waals surface area contributed by atoms with Gasteiger partial charge in [0.15, 0.2) is 0 Å². The van der Waals surface area contributed by atoms with E-state index in [0.29, 0.717) is 36.4 Å². The molecule has 0 radical (unpaired) electrons. The molecule has 0 aliphatic rings. The number of carbonyl (C=O) groups excluding carboxylic acids is 3. The minimum absolute atomic E-state index is 0.169. The number of esters is 1. The molecule has 7 heteroatoms. The molecule has 0 aromatic heterocycles. The Morgan fingerprint density at radius 3 is 2.35 bits per heavy atom. The van der Waals surface area contributed by atoms with Crippen LogP contribution in [0.2, 0.25) is 0 Å². The van der Waals surface area contributed by atoms with E-state index in [1.165, 1.54) is 13.0 Å². The second-order valence-corrected chi connectivity index (χ2v) is 6.32. The lowest BCUT2D eigenvalue weighted by atomic mass is 10.2. The normalized spacial score (nSPS) is 10.1. The fourth-order valence-electron chi connectivity index (χ4n) is 2.20. The number of benzene rings is 2. The van der Waals surface area contributed by atoms with Crippen molar-refractivity contribution in [2.45, 2.75) is 13.3 Å². The van der Waals surface area contributed by atoms with Crippen molar-refractivity contribution in [2.75, 3.05) is 13.1 Å². The molecule has 2 aromatic carbocycles. The number of hydrogen-bond donors (Lipinski definition) is 2. The highest BCUT2D eigenvalue weighted by atomic mass is 79.9. The van der Waals surface area contributed by atoms with Crippen LogP contribution >= 0.6 is 15.9 Å². The fraction of sp³-hybridized carbons (Fsp3) is 0.211. The Kier molecular flexibility index (Phi) is 7.35. The van der Waals surface area contributed by atoms with E-state index in [-0.39, 0.29) is 11.8 Å². The Bertz CT molecular complexity index is 808. The Morgan fingerprint density at radius 1 is 0.962 bits per heavy atom. The highest BCUT2D eigenvalue weighted by Crippen LogP contribution is 2.15. The summed E-state index contributed by atoms with van der Waals surface area (Å²) < 4.78 is 5.69. The molecule has 2 aromatic rings. The van der Waals surface area contributed by atoms with Crippen LogP contribution < -0.4 is 15.4 Å². The summed E-state index contributed by atoms with van der Waals surface area (Å²) in [6.45, 7) is 2.15. The molecule has 26 heavy (non-hydrogen) atoms. The number of nitrogens with one attached hydrogen (secondary N) is 2. The quantitative estimate of drug-likeness (QED) is 0.411. The van der Waals surface area contributed by atoms with E-state index in [9.17, 15) is 14.4 Å². The standard InChI is InChI=1S/C19H19BrN2O4/c1-13(23)26-15-7-4-6-14(12-15)18(24)21-10-5-11-22-19(25)16-8-2-3-9-17(16)20/h2-4,6-9,12H,5,10-11H2,1H3,(H,21,24)(H,22,25). The smallest absolute Gasteiger partial charge is 0.308 e. The van der Waals surface area contributed by atoms with Gasteiger partial charge in [0.1, 0.15) is 5.75 Å². The van der Waals surface area contributed by atoms with Gasteiger partial charge in [0.2, 0.25) is 0 Å². The minimum atomic E-state index is -0.441. The van der Waals surface area contributed by atoms with Gasteiger partial charge in [-0.25, -0.2) is 0 Å².